The fourth-order valence-electron chi connectivity index (χ4n) is 5.15. The summed E-state index contributed by atoms with van der Waals surface area (Å²) >= 11 is 0. The topological polar surface area (TPSA) is 77.5 Å². The van der Waals surface area contributed by atoms with Gasteiger partial charge in [-0.25, -0.2) is 0 Å². The Labute approximate surface area is 248 Å². The molecule has 1 aromatic heterocycles. The van der Waals surface area contributed by atoms with Crippen molar-refractivity contribution in [3.8, 4) is 0 Å². The van der Waals surface area contributed by atoms with E-state index in [1.54, 1.807) is 6.20 Å². The molecule has 0 aromatic carbocycles. The lowest BCUT2D eigenvalue weighted by Gasteiger charge is -2.30. The van der Waals surface area contributed by atoms with Gasteiger partial charge in [0.05, 0.1) is 18.0 Å². The number of rotatable bonds is 16. The summed E-state index contributed by atoms with van der Waals surface area (Å²) in [5, 5.41) is 3.55. The maximum atomic E-state index is 13.2. The number of nitrogens with zero attached hydrogens (tertiary/aromatic N) is 1. The van der Waals surface area contributed by atoms with E-state index >= 15 is 0 Å². The van der Waals surface area contributed by atoms with E-state index in [1.165, 1.54) is 0 Å². The second-order valence-corrected chi connectivity index (χ2v) is 12.5. The molecule has 1 N–H and O–H groups in total. The minimum atomic E-state index is -0.560. The summed E-state index contributed by atoms with van der Waals surface area (Å²) in [7, 11) is 0. The highest BCUT2D eigenvalue weighted by atomic mass is 16.6. The fourth-order valence-corrected chi connectivity index (χ4v) is 5.15. The Hall–Kier alpha value is -2.99. The van der Waals surface area contributed by atoms with Gasteiger partial charge in [-0.3, -0.25) is 14.6 Å². The molecule has 0 aliphatic heterocycles. The zero-order valence-electron chi connectivity index (χ0n) is 26.3. The summed E-state index contributed by atoms with van der Waals surface area (Å²) < 4.78 is 11.4. The van der Waals surface area contributed by atoms with Crippen molar-refractivity contribution in [3.05, 3.63) is 72.1 Å². The van der Waals surface area contributed by atoms with Gasteiger partial charge in [0, 0.05) is 19.3 Å². The van der Waals surface area contributed by atoms with Crippen LogP contribution < -0.4 is 5.32 Å². The van der Waals surface area contributed by atoms with Crippen LogP contribution in [0.5, 0.6) is 0 Å². The van der Waals surface area contributed by atoms with Crippen molar-refractivity contribution in [1.82, 2.24) is 10.3 Å². The molecule has 0 saturated heterocycles. The molecule has 1 atom stereocenters. The van der Waals surface area contributed by atoms with Crippen molar-refractivity contribution in [2.75, 3.05) is 19.7 Å². The van der Waals surface area contributed by atoms with Crippen molar-refractivity contribution >= 4 is 17.5 Å². The molecule has 1 aliphatic rings. The van der Waals surface area contributed by atoms with E-state index in [9.17, 15) is 9.59 Å². The number of carbonyl (C=O) groups excluding carboxylic acids is 2. The maximum absolute atomic E-state index is 13.2. The molecule has 1 saturated carbocycles. The number of ether oxygens (including phenoxy) is 2. The van der Waals surface area contributed by atoms with Gasteiger partial charge in [-0.1, -0.05) is 55.4 Å². The number of hydrogen-bond acceptors (Lipinski definition) is 6. The number of nitrogens with one attached hydrogen (secondary N) is 1. The summed E-state index contributed by atoms with van der Waals surface area (Å²) in [5.74, 6) is -0.710. The highest BCUT2D eigenvalue weighted by molar-refractivity contribution is 5.73. The average molecular weight is 565 g/mol. The quantitative estimate of drug-likeness (QED) is 0.126. The molecule has 0 bridgehead atoms. The van der Waals surface area contributed by atoms with Gasteiger partial charge >= 0.3 is 11.9 Å². The third-order valence-corrected chi connectivity index (χ3v) is 7.41. The summed E-state index contributed by atoms with van der Waals surface area (Å²) in [4.78, 5) is 30.4. The van der Waals surface area contributed by atoms with Crippen LogP contribution in [0.4, 0.5) is 0 Å². The molecule has 1 aromatic rings. The number of carbonyl (C=O) groups is 2. The Bertz CT molecular complexity index is 1070. The molecule has 226 valence electrons. The molecule has 1 unspecified atom stereocenters. The molecule has 1 aliphatic carbocycles. The zero-order chi connectivity index (χ0) is 30.3. The minimum absolute atomic E-state index is 0.144. The molecular weight excluding hydrogens is 512 g/mol. The SMILES string of the molecule is C=C(CC/C=C\C)COC(=O)CC1(CNCC(C/C(C)=C/C=C(\C)c2ccccn2)C(=O)OC(C)(C)C)CCCC1. The Morgan fingerprint density at radius 1 is 1.17 bits per heavy atom. The third-order valence-electron chi connectivity index (χ3n) is 7.41. The fraction of sp³-hybridized carbons (Fsp3) is 0.571. The average Bonchev–Trinajstić information content (AvgIpc) is 3.37. The minimum Gasteiger partial charge on any atom is -0.461 e. The van der Waals surface area contributed by atoms with E-state index in [4.69, 9.17) is 9.47 Å². The molecule has 41 heavy (non-hydrogen) atoms. The number of pyridine rings is 1. The highest BCUT2D eigenvalue weighted by Gasteiger charge is 2.37. The summed E-state index contributed by atoms with van der Waals surface area (Å²) in [6.07, 6.45) is 16.9. The first kappa shape index (κ1) is 34.2. The Kier molecular flexibility index (Phi) is 14.3. The molecule has 1 heterocycles. The monoisotopic (exact) mass is 564 g/mol. The zero-order valence-corrected chi connectivity index (χ0v) is 26.3. The van der Waals surface area contributed by atoms with Crippen molar-refractivity contribution < 1.29 is 19.1 Å². The van der Waals surface area contributed by atoms with E-state index in [0.29, 0.717) is 25.9 Å². The van der Waals surface area contributed by atoms with Gasteiger partial charge < -0.3 is 14.8 Å². The van der Waals surface area contributed by atoms with E-state index in [0.717, 1.165) is 60.9 Å². The van der Waals surface area contributed by atoms with Crippen LogP contribution in [0, 0.1) is 11.3 Å². The van der Waals surface area contributed by atoms with Gasteiger partial charge in [0.15, 0.2) is 0 Å². The normalized spacial score (nSPS) is 16.5. The summed E-state index contributed by atoms with van der Waals surface area (Å²) in [6, 6.07) is 5.86. The van der Waals surface area contributed by atoms with Gasteiger partial charge in [-0.15, -0.1) is 0 Å². The largest absolute Gasteiger partial charge is 0.461 e. The van der Waals surface area contributed by atoms with Crippen molar-refractivity contribution in [2.45, 2.75) is 98.5 Å². The van der Waals surface area contributed by atoms with Crippen LogP contribution in [0.15, 0.2) is 66.4 Å². The molecule has 2 rings (SSSR count). The van der Waals surface area contributed by atoms with Gasteiger partial charge in [-0.2, -0.15) is 0 Å². The van der Waals surface area contributed by atoms with Gasteiger partial charge in [0.2, 0.25) is 0 Å². The van der Waals surface area contributed by atoms with Crippen LogP contribution >= 0.6 is 0 Å². The van der Waals surface area contributed by atoms with Crippen LogP contribution in [0.3, 0.4) is 0 Å². The first-order valence-electron chi connectivity index (χ1n) is 15.1. The van der Waals surface area contributed by atoms with Gasteiger partial charge in [-0.05, 0) is 102 Å². The number of hydrogen-bond donors (Lipinski definition) is 1. The predicted molar refractivity (Wildman–Crippen MR) is 168 cm³/mol. The second kappa shape index (κ2) is 17.1. The van der Waals surface area contributed by atoms with Crippen LogP contribution in [0.25, 0.3) is 5.57 Å². The standard InChI is InChI=1S/C35H52N2O4/c1-8-9-10-15-28(3)25-40-32(38)23-35(19-12-13-20-35)26-36-24-30(33(39)41-34(5,6)7)22-27(2)17-18-29(4)31-16-11-14-21-37-31/h8-9,11,14,16-18,21,30,36H,3,10,12-13,15,19-20,22-26H2,1-2,4-7H3/b9-8-,27-17+,29-18+. The summed E-state index contributed by atoms with van der Waals surface area (Å²) in [5.41, 5.74) is 3.31. The van der Waals surface area contributed by atoms with Crippen molar-refractivity contribution in [1.29, 1.82) is 0 Å². The highest BCUT2D eigenvalue weighted by Crippen LogP contribution is 2.41. The van der Waals surface area contributed by atoms with E-state index in [2.05, 4.69) is 29.0 Å². The molecule has 1 fully saturated rings. The molecule has 6 nitrogen and oxygen atoms in total. The lowest BCUT2D eigenvalue weighted by Crippen LogP contribution is -2.40. The molecule has 0 spiro atoms. The lowest BCUT2D eigenvalue weighted by atomic mass is 9.82. The Morgan fingerprint density at radius 2 is 1.90 bits per heavy atom. The first-order chi connectivity index (χ1) is 19.4. The third kappa shape index (κ3) is 13.5. The molecule has 0 amide bonds. The molecule has 0 radical (unpaired) electrons. The second-order valence-electron chi connectivity index (χ2n) is 12.5. The van der Waals surface area contributed by atoms with Crippen LogP contribution in [-0.4, -0.2) is 42.2 Å². The van der Waals surface area contributed by atoms with Crippen LogP contribution in [-0.2, 0) is 19.1 Å². The van der Waals surface area contributed by atoms with Crippen LogP contribution in [0.1, 0.15) is 98.6 Å². The number of aromatic nitrogens is 1. The van der Waals surface area contributed by atoms with Gasteiger partial charge in [0.1, 0.15) is 12.2 Å². The van der Waals surface area contributed by atoms with Gasteiger partial charge in [0.25, 0.3) is 0 Å². The van der Waals surface area contributed by atoms with Crippen molar-refractivity contribution in [3.63, 3.8) is 0 Å². The van der Waals surface area contributed by atoms with E-state index in [-0.39, 0.29) is 29.9 Å². The molecule has 6 heteroatoms. The smallest absolute Gasteiger partial charge is 0.311 e. The first-order valence-corrected chi connectivity index (χ1v) is 15.1. The molecular formula is C35H52N2O4. The lowest BCUT2D eigenvalue weighted by molar-refractivity contribution is -0.160. The van der Waals surface area contributed by atoms with Crippen LogP contribution in [0.2, 0.25) is 0 Å². The number of allylic oxidation sites excluding steroid dienone is 6. The summed E-state index contributed by atoms with van der Waals surface area (Å²) in [6.45, 7) is 17.2. The Morgan fingerprint density at radius 3 is 2.54 bits per heavy atom. The van der Waals surface area contributed by atoms with E-state index in [1.807, 2.05) is 71.9 Å². The maximum Gasteiger partial charge on any atom is 0.311 e. The number of esters is 2. The van der Waals surface area contributed by atoms with E-state index < -0.39 is 5.60 Å². The predicted octanol–water partition coefficient (Wildman–Crippen LogP) is 7.78. The Balaban J connectivity index is 2.00. The van der Waals surface area contributed by atoms with Crippen molar-refractivity contribution in [2.24, 2.45) is 11.3 Å².